The Balaban J connectivity index is 1.99. The van der Waals surface area contributed by atoms with Gasteiger partial charge in [0.2, 0.25) is 0 Å². The molecule has 1 aromatic carbocycles. The molecule has 1 fully saturated rings. The third kappa shape index (κ3) is 3.48. The van der Waals surface area contributed by atoms with Crippen LogP contribution in [0.25, 0.3) is 0 Å². The molecule has 0 spiro atoms. The van der Waals surface area contributed by atoms with Gasteiger partial charge in [-0.05, 0) is 63.0 Å². The molecular formula is C16H27N3. The standard InChI is InChI=1S/C16H27N3/c1-13-11-15(3)16(12-14(13)2)19-9-7-18(8-10-19)6-4-5-17/h11-12H,4-10,17H2,1-3H3. The molecule has 0 unspecified atom stereocenters. The summed E-state index contributed by atoms with van der Waals surface area (Å²) in [5.41, 5.74) is 11.2. The summed E-state index contributed by atoms with van der Waals surface area (Å²) in [7, 11) is 0. The molecule has 0 amide bonds. The maximum absolute atomic E-state index is 5.58. The van der Waals surface area contributed by atoms with Crippen molar-refractivity contribution in [3.63, 3.8) is 0 Å². The smallest absolute Gasteiger partial charge is 0.0399 e. The van der Waals surface area contributed by atoms with Crippen LogP contribution in [0, 0.1) is 20.8 Å². The quantitative estimate of drug-likeness (QED) is 0.901. The molecule has 2 N–H and O–H groups in total. The maximum Gasteiger partial charge on any atom is 0.0399 e. The van der Waals surface area contributed by atoms with Crippen molar-refractivity contribution in [2.24, 2.45) is 5.73 Å². The molecule has 1 aliphatic heterocycles. The molecule has 2 rings (SSSR count). The van der Waals surface area contributed by atoms with Crippen LogP contribution in [0.15, 0.2) is 12.1 Å². The molecule has 1 aromatic rings. The van der Waals surface area contributed by atoms with Gasteiger partial charge in [0.25, 0.3) is 0 Å². The fraction of sp³-hybridized carbons (Fsp3) is 0.625. The fourth-order valence-electron chi connectivity index (χ4n) is 2.81. The molecule has 19 heavy (non-hydrogen) atoms. The fourth-order valence-corrected chi connectivity index (χ4v) is 2.81. The highest BCUT2D eigenvalue weighted by Crippen LogP contribution is 2.25. The summed E-state index contributed by atoms with van der Waals surface area (Å²) in [6.07, 6.45) is 1.11. The van der Waals surface area contributed by atoms with Crippen LogP contribution < -0.4 is 10.6 Å². The first-order valence-electron chi connectivity index (χ1n) is 7.37. The van der Waals surface area contributed by atoms with Crippen molar-refractivity contribution in [2.45, 2.75) is 27.2 Å². The molecule has 106 valence electrons. The Kier molecular flexibility index (Phi) is 4.83. The van der Waals surface area contributed by atoms with Crippen molar-refractivity contribution in [3.8, 4) is 0 Å². The van der Waals surface area contributed by atoms with Gasteiger partial charge in [0.1, 0.15) is 0 Å². The lowest BCUT2D eigenvalue weighted by Crippen LogP contribution is -2.47. The average molecular weight is 261 g/mol. The largest absolute Gasteiger partial charge is 0.369 e. The van der Waals surface area contributed by atoms with Gasteiger partial charge in [0.05, 0.1) is 0 Å². The summed E-state index contributed by atoms with van der Waals surface area (Å²) in [4.78, 5) is 5.06. The molecule has 1 saturated heterocycles. The van der Waals surface area contributed by atoms with E-state index in [4.69, 9.17) is 5.73 Å². The van der Waals surface area contributed by atoms with Crippen molar-refractivity contribution in [1.29, 1.82) is 0 Å². The summed E-state index contributed by atoms with van der Waals surface area (Å²) in [6, 6.07) is 4.66. The Morgan fingerprint density at radius 1 is 0.947 bits per heavy atom. The van der Waals surface area contributed by atoms with Crippen LogP contribution in [0.1, 0.15) is 23.1 Å². The van der Waals surface area contributed by atoms with E-state index < -0.39 is 0 Å². The van der Waals surface area contributed by atoms with Gasteiger partial charge in [-0.15, -0.1) is 0 Å². The maximum atomic E-state index is 5.58. The summed E-state index contributed by atoms with van der Waals surface area (Å²) < 4.78 is 0. The van der Waals surface area contributed by atoms with Crippen molar-refractivity contribution >= 4 is 5.69 Å². The first kappa shape index (κ1) is 14.4. The van der Waals surface area contributed by atoms with Crippen LogP contribution in [0.2, 0.25) is 0 Å². The number of piperazine rings is 1. The highest BCUT2D eigenvalue weighted by molar-refractivity contribution is 5.57. The van der Waals surface area contributed by atoms with Crippen molar-refractivity contribution in [3.05, 3.63) is 28.8 Å². The minimum absolute atomic E-state index is 0.802. The van der Waals surface area contributed by atoms with E-state index in [2.05, 4.69) is 42.7 Å². The molecular weight excluding hydrogens is 234 g/mol. The zero-order valence-corrected chi connectivity index (χ0v) is 12.6. The van der Waals surface area contributed by atoms with Crippen LogP contribution in [-0.4, -0.2) is 44.2 Å². The van der Waals surface area contributed by atoms with Crippen molar-refractivity contribution < 1.29 is 0 Å². The van der Waals surface area contributed by atoms with E-state index in [0.717, 1.165) is 45.7 Å². The molecule has 1 heterocycles. The van der Waals surface area contributed by atoms with Crippen molar-refractivity contribution in [2.75, 3.05) is 44.2 Å². The van der Waals surface area contributed by atoms with Gasteiger partial charge in [-0.25, -0.2) is 0 Å². The summed E-state index contributed by atoms with van der Waals surface area (Å²) in [5, 5.41) is 0. The van der Waals surface area contributed by atoms with Crippen LogP contribution in [0.5, 0.6) is 0 Å². The number of hydrogen-bond donors (Lipinski definition) is 1. The predicted octanol–water partition coefficient (Wildman–Crippen LogP) is 2.08. The number of nitrogens with two attached hydrogens (primary N) is 1. The van der Waals surface area contributed by atoms with Gasteiger partial charge in [-0.1, -0.05) is 6.07 Å². The number of nitrogens with zero attached hydrogens (tertiary/aromatic N) is 2. The highest BCUT2D eigenvalue weighted by atomic mass is 15.3. The van der Waals surface area contributed by atoms with Gasteiger partial charge in [0.15, 0.2) is 0 Å². The monoisotopic (exact) mass is 261 g/mol. The minimum atomic E-state index is 0.802. The van der Waals surface area contributed by atoms with Gasteiger partial charge < -0.3 is 10.6 Å². The zero-order chi connectivity index (χ0) is 13.8. The van der Waals surface area contributed by atoms with Crippen molar-refractivity contribution in [1.82, 2.24) is 4.90 Å². The Labute approximate surface area is 117 Å². The molecule has 1 aliphatic rings. The predicted molar refractivity (Wildman–Crippen MR) is 83.0 cm³/mol. The van der Waals surface area contributed by atoms with E-state index in [1.165, 1.54) is 22.4 Å². The first-order valence-corrected chi connectivity index (χ1v) is 7.37. The molecule has 0 aromatic heterocycles. The Morgan fingerprint density at radius 2 is 1.58 bits per heavy atom. The van der Waals surface area contributed by atoms with Crippen LogP contribution in [-0.2, 0) is 0 Å². The highest BCUT2D eigenvalue weighted by Gasteiger charge is 2.18. The molecule has 0 saturated carbocycles. The molecule has 0 aliphatic carbocycles. The molecule has 0 bridgehead atoms. The van der Waals surface area contributed by atoms with E-state index in [1.54, 1.807) is 0 Å². The Bertz CT molecular complexity index is 420. The van der Waals surface area contributed by atoms with E-state index in [9.17, 15) is 0 Å². The van der Waals surface area contributed by atoms with Gasteiger partial charge in [0, 0.05) is 31.9 Å². The summed E-state index contributed by atoms with van der Waals surface area (Å²) in [5.74, 6) is 0. The Hall–Kier alpha value is -1.06. The Morgan fingerprint density at radius 3 is 2.21 bits per heavy atom. The zero-order valence-electron chi connectivity index (χ0n) is 12.6. The lowest BCUT2D eigenvalue weighted by Gasteiger charge is -2.37. The number of anilines is 1. The molecule has 0 radical (unpaired) electrons. The van der Waals surface area contributed by atoms with Gasteiger partial charge in [-0.3, -0.25) is 4.90 Å². The topological polar surface area (TPSA) is 32.5 Å². The van der Waals surface area contributed by atoms with E-state index in [0.29, 0.717) is 0 Å². The molecule has 3 nitrogen and oxygen atoms in total. The van der Waals surface area contributed by atoms with Crippen LogP contribution in [0.4, 0.5) is 5.69 Å². The summed E-state index contributed by atoms with van der Waals surface area (Å²) in [6.45, 7) is 13.2. The molecule has 3 heteroatoms. The summed E-state index contributed by atoms with van der Waals surface area (Å²) >= 11 is 0. The molecule has 0 atom stereocenters. The number of benzene rings is 1. The number of hydrogen-bond acceptors (Lipinski definition) is 3. The van der Waals surface area contributed by atoms with E-state index in [-0.39, 0.29) is 0 Å². The van der Waals surface area contributed by atoms with Crippen LogP contribution in [0.3, 0.4) is 0 Å². The second-order valence-corrected chi connectivity index (χ2v) is 5.69. The third-order valence-electron chi connectivity index (χ3n) is 4.20. The minimum Gasteiger partial charge on any atom is -0.369 e. The van der Waals surface area contributed by atoms with Gasteiger partial charge in [-0.2, -0.15) is 0 Å². The van der Waals surface area contributed by atoms with Crippen LogP contribution >= 0.6 is 0 Å². The second-order valence-electron chi connectivity index (χ2n) is 5.69. The second kappa shape index (κ2) is 6.40. The number of aryl methyl sites for hydroxylation is 3. The lowest BCUT2D eigenvalue weighted by molar-refractivity contribution is 0.256. The van der Waals surface area contributed by atoms with E-state index in [1.807, 2.05) is 0 Å². The van der Waals surface area contributed by atoms with E-state index >= 15 is 0 Å². The SMILES string of the molecule is Cc1cc(C)c(N2CCN(CCCN)CC2)cc1C. The number of rotatable bonds is 4. The lowest BCUT2D eigenvalue weighted by atomic mass is 10.0. The van der Waals surface area contributed by atoms with Gasteiger partial charge >= 0.3 is 0 Å². The first-order chi connectivity index (χ1) is 9.11. The third-order valence-corrected chi connectivity index (χ3v) is 4.20. The normalized spacial score (nSPS) is 16.9. The average Bonchev–Trinajstić information content (AvgIpc) is 2.41.